The third-order valence-electron chi connectivity index (χ3n) is 3.68. The van der Waals surface area contributed by atoms with E-state index in [1.807, 2.05) is 0 Å². The number of carbonyl (C=O) groups excluding carboxylic acids is 1. The van der Waals surface area contributed by atoms with E-state index in [4.69, 9.17) is 51.1 Å². The number of anilines is 1. The third kappa shape index (κ3) is 5.95. The Labute approximate surface area is 173 Å². The molecule has 1 amide bonds. The molecule has 0 aliphatic rings. The fourth-order valence-electron chi connectivity index (χ4n) is 2.31. The molecule has 0 unspecified atom stereocenters. The molecule has 1 N–H and O–H groups in total. The number of hydrogen-bond donors (Lipinski definition) is 1. The van der Waals surface area contributed by atoms with Crippen molar-refractivity contribution in [3.8, 4) is 5.75 Å². The fraction of sp³-hybridized carbons (Fsp3) is 0.316. The Bertz CT molecular complexity index is 757. The van der Waals surface area contributed by atoms with Crippen LogP contribution in [0.4, 0.5) is 5.69 Å². The minimum atomic E-state index is -0.360. The van der Waals surface area contributed by atoms with Gasteiger partial charge in [-0.25, -0.2) is 0 Å². The lowest BCUT2D eigenvalue weighted by Gasteiger charge is -2.12. The van der Waals surface area contributed by atoms with E-state index >= 15 is 0 Å². The Hall–Kier alpha value is -1.13. The Morgan fingerprint density at radius 1 is 0.923 bits per heavy atom. The molecule has 2 aromatic carbocycles. The monoisotopic (exact) mass is 433 g/mol. The van der Waals surface area contributed by atoms with E-state index in [0.29, 0.717) is 43.7 Å². The second-order valence-corrected chi connectivity index (χ2v) is 7.39. The van der Waals surface area contributed by atoms with E-state index in [2.05, 4.69) is 12.2 Å². The largest absolute Gasteiger partial charge is 0.490 e. The van der Waals surface area contributed by atoms with Crippen LogP contribution >= 0.6 is 46.4 Å². The molecule has 0 fully saturated rings. The van der Waals surface area contributed by atoms with E-state index < -0.39 is 0 Å². The van der Waals surface area contributed by atoms with Crippen LogP contribution in [-0.2, 0) is 0 Å². The zero-order valence-corrected chi connectivity index (χ0v) is 17.3. The van der Waals surface area contributed by atoms with E-state index in [1.165, 1.54) is 18.6 Å². The molecule has 0 bridgehead atoms. The van der Waals surface area contributed by atoms with Gasteiger partial charge in [-0.05, 0) is 36.8 Å². The van der Waals surface area contributed by atoms with Crippen molar-refractivity contribution in [3.63, 3.8) is 0 Å². The van der Waals surface area contributed by atoms with Crippen molar-refractivity contribution in [2.45, 2.75) is 32.6 Å². The predicted octanol–water partition coefficient (Wildman–Crippen LogP) is 7.51. The molecule has 0 aliphatic carbocycles. The van der Waals surface area contributed by atoms with E-state index in [0.717, 1.165) is 19.3 Å². The molecule has 7 heteroatoms. The second-order valence-electron chi connectivity index (χ2n) is 5.76. The van der Waals surface area contributed by atoms with Crippen LogP contribution in [0.1, 0.15) is 43.0 Å². The van der Waals surface area contributed by atoms with Crippen LogP contribution in [0, 0.1) is 0 Å². The average molecular weight is 435 g/mol. The highest BCUT2D eigenvalue weighted by atomic mass is 35.5. The number of ether oxygens (including phenoxy) is 1. The van der Waals surface area contributed by atoms with Gasteiger partial charge in [0.2, 0.25) is 0 Å². The van der Waals surface area contributed by atoms with Crippen molar-refractivity contribution in [2.75, 3.05) is 11.9 Å². The summed E-state index contributed by atoms with van der Waals surface area (Å²) in [6, 6.07) is 7.89. The Kier molecular flexibility index (Phi) is 8.36. The summed E-state index contributed by atoms with van der Waals surface area (Å²) < 4.78 is 5.67. The van der Waals surface area contributed by atoms with Crippen molar-refractivity contribution in [1.82, 2.24) is 0 Å². The molecule has 0 aliphatic heterocycles. The average Bonchev–Trinajstić information content (AvgIpc) is 2.59. The molecule has 140 valence electrons. The van der Waals surface area contributed by atoms with Gasteiger partial charge >= 0.3 is 0 Å². The van der Waals surface area contributed by atoms with Crippen molar-refractivity contribution < 1.29 is 9.53 Å². The topological polar surface area (TPSA) is 38.3 Å². The lowest BCUT2D eigenvalue weighted by Crippen LogP contribution is -2.12. The highest BCUT2D eigenvalue weighted by Gasteiger charge is 2.15. The van der Waals surface area contributed by atoms with Crippen molar-refractivity contribution in [3.05, 3.63) is 56.0 Å². The van der Waals surface area contributed by atoms with Crippen LogP contribution in [0.2, 0.25) is 20.1 Å². The summed E-state index contributed by atoms with van der Waals surface area (Å²) >= 11 is 24.3. The number of halogens is 4. The van der Waals surface area contributed by atoms with Crippen LogP contribution < -0.4 is 10.1 Å². The molecule has 0 heterocycles. The van der Waals surface area contributed by atoms with Crippen LogP contribution in [0.25, 0.3) is 0 Å². The van der Waals surface area contributed by atoms with Gasteiger partial charge in [0.05, 0.1) is 26.7 Å². The van der Waals surface area contributed by atoms with Gasteiger partial charge < -0.3 is 10.1 Å². The van der Waals surface area contributed by atoms with E-state index in [1.54, 1.807) is 18.2 Å². The molecular weight excluding hydrogens is 416 g/mol. The van der Waals surface area contributed by atoms with Crippen molar-refractivity contribution >= 4 is 58.0 Å². The maximum absolute atomic E-state index is 12.4. The molecule has 0 spiro atoms. The molecule has 2 rings (SSSR count). The van der Waals surface area contributed by atoms with E-state index in [-0.39, 0.29) is 5.91 Å². The zero-order chi connectivity index (χ0) is 19.1. The van der Waals surface area contributed by atoms with Gasteiger partial charge in [-0.2, -0.15) is 0 Å². The first-order valence-corrected chi connectivity index (χ1v) is 9.81. The summed E-state index contributed by atoms with van der Waals surface area (Å²) in [5.74, 6) is 0.0394. The zero-order valence-electron chi connectivity index (χ0n) is 14.3. The number of benzene rings is 2. The predicted molar refractivity (Wildman–Crippen MR) is 111 cm³/mol. The van der Waals surface area contributed by atoms with Crippen molar-refractivity contribution in [2.24, 2.45) is 0 Å². The molecule has 0 atom stereocenters. The summed E-state index contributed by atoms with van der Waals surface area (Å²) in [6.45, 7) is 2.69. The maximum Gasteiger partial charge on any atom is 0.255 e. The quantitative estimate of drug-likeness (QED) is 0.436. The SMILES string of the molecule is CCCCCCOc1c(Cl)cc(C(=O)Nc2ccc(Cl)c(Cl)c2)cc1Cl. The summed E-state index contributed by atoms with van der Waals surface area (Å²) in [7, 11) is 0. The summed E-state index contributed by atoms with van der Waals surface area (Å²) in [5.41, 5.74) is 0.845. The smallest absolute Gasteiger partial charge is 0.255 e. The number of carbonyl (C=O) groups is 1. The third-order valence-corrected chi connectivity index (χ3v) is 4.98. The fourth-order valence-corrected chi connectivity index (χ4v) is 3.20. The first-order valence-electron chi connectivity index (χ1n) is 8.30. The summed E-state index contributed by atoms with van der Waals surface area (Å²) in [6.07, 6.45) is 4.35. The van der Waals surface area contributed by atoms with Gasteiger partial charge in [0.1, 0.15) is 0 Å². The number of amides is 1. The van der Waals surface area contributed by atoms with Crippen LogP contribution in [0.5, 0.6) is 5.75 Å². The number of hydrogen-bond acceptors (Lipinski definition) is 2. The lowest BCUT2D eigenvalue weighted by molar-refractivity contribution is 0.102. The van der Waals surface area contributed by atoms with Crippen molar-refractivity contribution in [1.29, 1.82) is 0 Å². The molecule has 0 radical (unpaired) electrons. The summed E-state index contributed by atoms with van der Waals surface area (Å²) in [5, 5.41) is 4.09. The molecule has 0 saturated heterocycles. The Morgan fingerprint density at radius 3 is 2.23 bits per heavy atom. The molecule has 2 aromatic rings. The standard InChI is InChI=1S/C19H19Cl4NO2/c1-2-3-4-5-8-26-18-16(22)9-12(10-17(18)23)19(25)24-13-6-7-14(20)15(21)11-13/h6-7,9-11H,2-5,8H2,1H3,(H,24,25). The number of unbranched alkanes of at least 4 members (excludes halogenated alkanes) is 3. The van der Waals surface area contributed by atoms with Gasteiger partial charge in [-0.3, -0.25) is 4.79 Å². The van der Waals surface area contributed by atoms with Gasteiger partial charge in [0.25, 0.3) is 5.91 Å². The minimum absolute atomic E-state index is 0.298. The first kappa shape index (κ1) is 21.2. The van der Waals surface area contributed by atoms with Crippen LogP contribution in [0.15, 0.2) is 30.3 Å². The highest BCUT2D eigenvalue weighted by molar-refractivity contribution is 6.42. The Morgan fingerprint density at radius 2 is 1.62 bits per heavy atom. The number of rotatable bonds is 8. The van der Waals surface area contributed by atoms with Crippen LogP contribution in [0.3, 0.4) is 0 Å². The minimum Gasteiger partial charge on any atom is -0.490 e. The molecule has 3 nitrogen and oxygen atoms in total. The van der Waals surface area contributed by atoms with Gasteiger partial charge in [0.15, 0.2) is 5.75 Å². The maximum atomic E-state index is 12.4. The molecule has 0 saturated carbocycles. The Balaban J connectivity index is 2.05. The lowest BCUT2D eigenvalue weighted by atomic mass is 10.2. The van der Waals surface area contributed by atoms with Gasteiger partial charge in [-0.1, -0.05) is 72.6 Å². The molecular formula is C19H19Cl4NO2. The molecule has 26 heavy (non-hydrogen) atoms. The second kappa shape index (κ2) is 10.3. The van der Waals surface area contributed by atoms with Crippen LogP contribution in [-0.4, -0.2) is 12.5 Å². The molecule has 0 aromatic heterocycles. The van der Waals surface area contributed by atoms with Gasteiger partial charge in [-0.15, -0.1) is 0 Å². The highest BCUT2D eigenvalue weighted by Crippen LogP contribution is 2.35. The normalized spacial score (nSPS) is 10.7. The summed E-state index contributed by atoms with van der Waals surface area (Å²) in [4.78, 5) is 12.4. The number of nitrogens with one attached hydrogen (secondary N) is 1. The first-order chi connectivity index (χ1) is 12.4. The van der Waals surface area contributed by atoms with Gasteiger partial charge in [0, 0.05) is 11.3 Å². The van der Waals surface area contributed by atoms with E-state index in [9.17, 15) is 4.79 Å².